The first-order chi connectivity index (χ1) is 15.0. The summed E-state index contributed by atoms with van der Waals surface area (Å²) in [6.07, 6.45) is 9.34. The smallest absolute Gasteiger partial charge is 0.254 e. The number of carbonyl (C=O) groups excluding carboxylic acids is 2. The molecule has 0 aliphatic heterocycles. The zero-order valence-corrected chi connectivity index (χ0v) is 19.3. The molecule has 0 spiro atoms. The predicted molar refractivity (Wildman–Crippen MR) is 125 cm³/mol. The number of hydrogen-bond donors (Lipinski definition) is 0. The lowest BCUT2D eigenvalue weighted by atomic mass is 10.1. The fourth-order valence-electron chi connectivity index (χ4n) is 3.86. The third kappa shape index (κ3) is 6.46. The fraction of sp³-hybridized carbons (Fsp3) is 0.538. The van der Waals surface area contributed by atoms with Gasteiger partial charge in [-0.05, 0) is 61.9 Å². The Morgan fingerprint density at radius 1 is 1.03 bits per heavy atom. The SMILES string of the molecule is CCCCc1ccc(C(=O)N(CC(=O)N(CCCC)Cc2cccn2C)C2CC2)cc1. The maximum Gasteiger partial charge on any atom is 0.254 e. The van der Waals surface area contributed by atoms with Crippen LogP contribution in [0.5, 0.6) is 0 Å². The minimum atomic E-state index is -0.0211. The molecule has 5 nitrogen and oxygen atoms in total. The lowest BCUT2D eigenvalue weighted by molar-refractivity contribution is -0.132. The number of amides is 2. The molecule has 5 heteroatoms. The van der Waals surface area contributed by atoms with Gasteiger partial charge in [-0.25, -0.2) is 0 Å². The molecule has 0 bridgehead atoms. The number of aromatic nitrogens is 1. The van der Waals surface area contributed by atoms with E-state index in [2.05, 4.69) is 36.6 Å². The van der Waals surface area contributed by atoms with E-state index in [9.17, 15) is 9.59 Å². The van der Waals surface area contributed by atoms with Crippen molar-refractivity contribution < 1.29 is 9.59 Å². The molecule has 3 rings (SSSR count). The highest BCUT2D eigenvalue weighted by atomic mass is 16.2. The number of aryl methyl sites for hydroxylation is 2. The quantitative estimate of drug-likeness (QED) is 0.492. The number of carbonyl (C=O) groups is 2. The highest BCUT2D eigenvalue weighted by Gasteiger charge is 2.35. The Morgan fingerprint density at radius 3 is 2.32 bits per heavy atom. The fourth-order valence-corrected chi connectivity index (χ4v) is 3.86. The van der Waals surface area contributed by atoms with Crippen LogP contribution in [0.3, 0.4) is 0 Å². The normalized spacial score (nSPS) is 13.3. The Bertz CT molecular complexity index is 852. The summed E-state index contributed by atoms with van der Waals surface area (Å²) in [7, 11) is 2.00. The third-order valence-corrected chi connectivity index (χ3v) is 6.11. The largest absolute Gasteiger partial charge is 0.353 e. The average molecular weight is 424 g/mol. The molecule has 1 aliphatic carbocycles. The molecule has 0 radical (unpaired) electrons. The third-order valence-electron chi connectivity index (χ3n) is 6.11. The van der Waals surface area contributed by atoms with Crippen LogP contribution < -0.4 is 0 Å². The predicted octanol–water partition coefficient (Wildman–Crippen LogP) is 4.80. The highest BCUT2D eigenvalue weighted by molar-refractivity contribution is 5.97. The monoisotopic (exact) mass is 423 g/mol. The van der Waals surface area contributed by atoms with Gasteiger partial charge in [-0.15, -0.1) is 0 Å². The van der Waals surface area contributed by atoms with Gasteiger partial charge in [0.2, 0.25) is 5.91 Å². The van der Waals surface area contributed by atoms with E-state index in [1.165, 1.54) is 5.56 Å². The molecule has 1 aromatic heterocycles. The molecule has 1 fully saturated rings. The number of hydrogen-bond acceptors (Lipinski definition) is 2. The van der Waals surface area contributed by atoms with Crippen LogP contribution in [-0.2, 0) is 24.8 Å². The number of unbranched alkanes of at least 4 members (excludes halogenated alkanes) is 2. The second-order valence-electron chi connectivity index (χ2n) is 8.74. The zero-order chi connectivity index (χ0) is 22.2. The highest BCUT2D eigenvalue weighted by Crippen LogP contribution is 2.28. The molecular formula is C26H37N3O2. The van der Waals surface area contributed by atoms with Crippen LogP contribution in [-0.4, -0.2) is 45.3 Å². The molecule has 1 saturated carbocycles. The van der Waals surface area contributed by atoms with Crippen LogP contribution in [0.2, 0.25) is 0 Å². The van der Waals surface area contributed by atoms with Crippen molar-refractivity contribution in [2.45, 2.75) is 71.4 Å². The lowest BCUT2D eigenvalue weighted by Crippen LogP contribution is -2.44. The van der Waals surface area contributed by atoms with Gasteiger partial charge < -0.3 is 14.4 Å². The molecule has 0 atom stereocenters. The molecule has 0 unspecified atom stereocenters. The van der Waals surface area contributed by atoms with Gasteiger partial charge in [0, 0.05) is 37.1 Å². The molecule has 0 saturated heterocycles. The minimum absolute atomic E-state index is 0.0211. The van der Waals surface area contributed by atoms with E-state index < -0.39 is 0 Å². The van der Waals surface area contributed by atoms with Crippen molar-refractivity contribution in [3.05, 3.63) is 59.4 Å². The van der Waals surface area contributed by atoms with Crippen LogP contribution in [0.25, 0.3) is 0 Å². The van der Waals surface area contributed by atoms with Crippen LogP contribution >= 0.6 is 0 Å². The van der Waals surface area contributed by atoms with E-state index in [1.54, 1.807) is 4.90 Å². The van der Waals surface area contributed by atoms with Crippen LogP contribution in [0.15, 0.2) is 42.6 Å². The van der Waals surface area contributed by atoms with Crippen molar-refractivity contribution >= 4 is 11.8 Å². The molecule has 1 aliphatic rings. The maximum absolute atomic E-state index is 13.3. The van der Waals surface area contributed by atoms with E-state index in [1.807, 2.05) is 36.3 Å². The van der Waals surface area contributed by atoms with Crippen molar-refractivity contribution in [1.29, 1.82) is 0 Å². The van der Waals surface area contributed by atoms with Crippen LogP contribution in [0.1, 0.15) is 74.0 Å². The van der Waals surface area contributed by atoms with Gasteiger partial charge in [0.25, 0.3) is 5.91 Å². The van der Waals surface area contributed by atoms with Gasteiger partial charge in [0.05, 0.1) is 6.54 Å². The van der Waals surface area contributed by atoms with E-state index in [0.717, 1.165) is 57.2 Å². The summed E-state index contributed by atoms with van der Waals surface area (Å²) in [5, 5.41) is 0. The summed E-state index contributed by atoms with van der Waals surface area (Å²) in [6.45, 7) is 5.79. The average Bonchev–Trinajstić information content (AvgIpc) is 3.55. The molecule has 1 heterocycles. The van der Waals surface area contributed by atoms with E-state index in [4.69, 9.17) is 0 Å². The van der Waals surface area contributed by atoms with Gasteiger partial charge in [0.1, 0.15) is 6.54 Å². The molecule has 2 aromatic rings. The molecular weight excluding hydrogens is 386 g/mol. The summed E-state index contributed by atoms with van der Waals surface area (Å²) >= 11 is 0. The molecule has 0 N–H and O–H groups in total. The molecule has 1 aromatic carbocycles. The molecule has 2 amide bonds. The van der Waals surface area contributed by atoms with Crippen molar-refractivity contribution in [2.24, 2.45) is 7.05 Å². The molecule has 31 heavy (non-hydrogen) atoms. The van der Waals surface area contributed by atoms with Gasteiger partial charge in [-0.3, -0.25) is 9.59 Å². The van der Waals surface area contributed by atoms with Crippen molar-refractivity contribution in [1.82, 2.24) is 14.4 Å². The van der Waals surface area contributed by atoms with Crippen LogP contribution in [0, 0.1) is 0 Å². The summed E-state index contributed by atoms with van der Waals surface area (Å²) in [6, 6.07) is 12.2. The molecule has 168 valence electrons. The van der Waals surface area contributed by atoms with Crippen LogP contribution in [0.4, 0.5) is 0 Å². The maximum atomic E-state index is 13.3. The minimum Gasteiger partial charge on any atom is -0.353 e. The first-order valence-electron chi connectivity index (χ1n) is 11.8. The van der Waals surface area contributed by atoms with E-state index in [-0.39, 0.29) is 24.4 Å². The van der Waals surface area contributed by atoms with Crippen molar-refractivity contribution in [3.63, 3.8) is 0 Å². The summed E-state index contributed by atoms with van der Waals surface area (Å²) in [5.41, 5.74) is 3.06. The van der Waals surface area contributed by atoms with Gasteiger partial charge >= 0.3 is 0 Å². The Morgan fingerprint density at radius 2 is 1.74 bits per heavy atom. The standard InChI is InChI=1S/C26H37N3O2/c1-4-6-9-21-11-13-22(14-12-21)26(31)29(23-15-16-23)20-25(30)28(18-7-5-2)19-24-10-8-17-27(24)3/h8,10-14,17,23H,4-7,9,15-16,18-20H2,1-3H3. The van der Waals surface area contributed by atoms with Gasteiger partial charge in [-0.2, -0.15) is 0 Å². The Labute approximate surface area is 187 Å². The van der Waals surface area contributed by atoms with Gasteiger partial charge in [0.15, 0.2) is 0 Å². The topological polar surface area (TPSA) is 45.6 Å². The van der Waals surface area contributed by atoms with E-state index >= 15 is 0 Å². The number of nitrogens with zero attached hydrogens (tertiary/aromatic N) is 3. The van der Waals surface area contributed by atoms with Crippen molar-refractivity contribution in [2.75, 3.05) is 13.1 Å². The van der Waals surface area contributed by atoms with Gasteiger partial charge in [-0.1, -0.05) is 38.8 Å². The second kappa shape index (κ2) is 11.2. The first kappa shape index (κ1) is 23.1. The zero-order valence-electron chi connectivity index (χ0n) is 19.3. The lowest BCUT2D eigenvalue weighted by Gasteiger charge is -2.28. The van der Waals surface area contributed by atoms with Crippen molar-refractivity contribution in [3.8, 4) is 0 Å². The Kier molecular flexibility index (Phi) is 8.33. The number of rotatable bonds is 12. The Balaban J connectivity index is 1.69. The summed E-state index contributed by atoms with van der Waals surface area (Å²) in [5.74, 6) is 0.0154. The van der Waals surface area contributed by atoms with E-state index in [0.29, 0.717) is 12.1 Å². The Hall–Kier alpha value is -2.56. The summed E-state index contributed by atoms with van der Waals surface area (Å²) in [4.78, 5) is 30.2. The number of benzene rings is 1. The second-order valence-corrected chi connectivity index (χ2v) is 8.74. The summed E-state index contributed by atoms with van der Waals surface area (Å²) < 4.78 is 2.05. The first-order valence-corrected chi connectivity index (χ1v) is 11.8.